The van der Waals surface area contributed by atoms with Gasteiger partial charge in [-0.3, -0.25) is 4.79 Å². The van der Waals surface area contributed by atoms with Gasteiger partial charge in [0.25, 0.3) is 0 Å². The highest BCUT2D eigenvalue weighted by atomic mass is 35.5. The van der Waals surface area contributed by atoms with Crippen molar-refractivity contribution in [3.05, 3.63) is 58.6 Å². The van der Waals surface area contributed by atoms with Crippen molar-refractivity contribution in [3.8, 4) is 11.1 Å². The topological polar surface area (TPSA) is 17.1 Å². The molecule has 0 saturated carbocycles. The van der Waals surface area contributed by atoms with E-state index in [1.807, 2.05) is 0 Å². The molecule has 19 heavy (non-hydrogen) atoms. The summed E-state index contributed by atoms with van der Waals surface area (Å²) in [4.78, 5) is 10.7. The van der Waals surface area contributed by atoms with Crippen LogP contribution in [0.3, 0.4) is 0 Å². The molecule has 1 radical (unpaired) electrons. The lowest BCUT2D eigenvalue weighted by atomic mass is 10.0. The van der Waals surface area contributed by atoms with Gasteiger partial charge in [0.1, 0.15) is 6.29 Å². The minimum atomic E-state index is -4.48. The second-order valence-corrected chi connectivity index (χ2v) is 4.22. The molecular formula is C14H7ClF3O. The van der Waals surface area contributed by atoms with Crippen LogP contribution in [0, 0.1) is 6.07 Å². The zero-order chi connectivity index (χ0) is 14.0. The number of carbonyl (C=O) groups excluding carboxylic acids is 1. The largest absolute Gasteiger partial charge is 0.417 e. The van der Waals surface area contributed by atoms with E-state index in [-0.39, 0.29) is 5.02 Å². The second kappa shape index (κ2) is 5.05. The molecule has 0 spiro atoms. The van der Waals surface area contributed by atoms with Gasteiger partial charge in [-0.15, -0.1) is 0 Å². The molecule has 1 nitrogen and oxygen atoms in total. The summed E-state index contributed by atoms with van der Waals surface area (Å²) in [5.74, 6) is 0. The Kier molecular flexibility index (Phi) is 3.62. The highest BCUT2D eigenvalue weighted by Crippen LogP contribution is 2.35. The van der Waals surface area contributed by atoms with Crippen molar-refractivity contribution >= 4 is 17.9 Å². The van der Waals surface area contributed by atoms with Crippen LogP contribution in [0.1, 0.15) is 15.9 Å². The fraction of sp³-hybridized carbons (Fsp3) is 0.0714. The number of carbonyl (C=O) groups is 1. The molecule has 2 rings (SSSR count). The van der Waals surface area contributed by atoms with Gasteiger partial charge in [-0.1, -0.05) is 35.9 Å². The monoisotopic (exact) mass is 283 g/mol. The summed E-state index contributed by atoms with van der Waals surface area (Å²) < 4.78 is 37.5. The Morgan fingerprint density at radius 3 is 2.47 bits per heavy atom. The first-order valence-corrected chi connectivity index (χ1v) is 5.64. The van der Waals surface area contributed by atoms with E-state index in [9.17, 15) is 18.0 Å². The van der Waals surface area contributed by atoms with Gasteiger partial charge in [-0.25, -0.2) is 0 Å². The normalized spacial score (nSPS) is 11.4. The van der Waals surface area contributed by atoms with E-state index in [0.29, 0.717) is 23.0 Å². The Morgan fingerprint density at radius 2 is 1.89 bits per heavy atom. The molecule has 2 aromatic rings. The molecule has 0 aromatic heterocycles. The Balaban J connectivity index is 2.49. The summed E-state index contributed by atoms with van der Waals surface area (Å²) >= 11 is 5.82. The van der Waals surface area contributed by atoms with Crippen LogP contribution in [0.15, 0.2) is 36.4 Å². The standard InChI is InChI=1S/C14H7ClF3O/c15-13-7-11(14(16,17)18)4-5-12(13)10-3-1-2-9(6-10)8-19/h1-6,8H. The number of aldehydes is 1. The molecule has 0 aliphatic heterocycles. The summed E-state index contributed by atoms with van der Waals surface area (Å²) in [5, 5.41) is -0.127. The molecule has 0 atom stereocenters. The van der Waals surface area contributed by atoms with Crippen molar-refractivity contribution in [3.63, 3.8) is 0 Å². The SMILES string of the molecule is O=Cc1cccc(-c2ccc(C(F)(F)F)[c]c2Cl)c1. The van der Waals surface area contributed by atoms with E-state index in [1.54, 1.807) is 24.3 Å². The predicted octanol–water partition coefficient (Wildman–Crippen LogP) is 4.64. The van der Waals surface area contributed by atoms with Crippen LogP contribution >= 0.6 is 11.6 Å². The van der Waals surface area contributed by atoms with Gasteiger partial charge in [0.05, 0.1) is 10.6 Å². The Morgan fingerprint density at radius 1 is 1.16 bits per heavy atom. The van der Waals surface area contributed by atoms with Crippen LogP contribution in [0.5, 0.6) is 0 Å². The van der Waals surface area contributed by atoms with Crippen LogP contribution in [-0.4, -0.2) is 6.29 Å². The maximum absolute atomic E-state index is 12.5. The fourth-order valence-electron chi connectivity index (χ4n) is 1.63. The van der Waals surface area contributed by atoms with Crippen molar-refractivity contribution in [1.82, 2.24) is 0 Å². The van der Waals surface area contributed by atoms with Crippen LogP contribution in [0.2, 0.25) is 5.02 Å². The zero-order valence-electron chi connectivity index (χ0n) is 9.46. The number of rotatable bonds is 2. The van der Waals surface area contributed by atoms with Gasteiger partial charge in [-0.2, -0.15) is 13.2 Å². The molecule has 0 heterocycles. The molecule has 2 aromatic carbocycles. The van der Waals surface area contributed by atoms with Gasteiger partial charge >= 0.3 is 6.18 Å². The minimum absolute atomic E-state index is 0.127. The average molecular weight is 284 g/mol. The lowest BCUT2D eigenvalue weighted by Crippen LogP contribution is -2.04. The summed E-state index contributed by atoms with van der Waals surface area (Å²) in [6, 6.07) is 10.7. The van der Waals surface area contributed by atoms with Crippen LogP contribution in [-0.2, 0) is 6.18 Å². The lowest BCUT2D eigenvalue weighted by molar-refractivity contribution is -0.137. The Hall–Kier alpha value is -1.81. The van der Waals surface area contributed by atoms with Crippen molar-refractivity contribution in [2.24, 2.45) is 0 Å². The average Bonchev–Trinajstić information content (AvgIpc) is 2.37. The molecule has 0 bridgehead atoms. The number of benzene rings is 2. The first-order chi connectivity index (χ1) is 8.91. The highest BCUT2D eigenvalue weighted by molar-refractivity contribution is 6.33. The van der Waals surface area contributed by atoms with E-state index in [2.05, 4.69) is 6.07 Å². The smallest absolute Gasteiger partial charge is 0.298 e. The van der Waals surface area contributed by atoms with Gasteiger partial charge < -0.3 is 0 Å². The predicted molar refractivity (Wildman–Crippen MR) is 66.1 cm³/mol. The Labute approximate surface area is 112 Å². The number of alkyl halides is 3. The summed E-state index contributed by atoms with van der Waals surface area (Å²) in [6.45, 7) is 0. The molecule has 0 aliphatic rings. The third-order valence-electron chi connectivity index (χ3n) is 2.54. The molecule has 0 unspecified atom stereocenters. The number of hydrogen-bond donors (Lipinski definition) is 0. The number of hydrogen-bond acceptors (Lipinski definition) is 1. The number of halogens is 4. The van der Waals surface area contributed by atoms with E-state index in [0.717, 1.165) is 6.07 Å². The molecule has 5 heteroatoms. The summed E-state index contributed by atoms with van der Waals surface area (Å²) in [7, 11) is 0. The molecule has 0 N–H and O–H groups in total. The van der Waals surface area contributed by atoms with E-state index >= 15 is 0 Å². The zero-order valence-corrected chi connectivity index (χ0v) is 10.2. The van der Waals surface area contributed by atoms with E-state index in [1.165, 1.54) is 6.07 Å². The third kappa shape index (κ3) is 2.96. The van der Waals surface area contributed by atoms with Gasteiger partial charge in [0.15, 0.2) is 0 Å². The third-order valence-corrected chi connectivity index (χ3v) is 2.83. The van der Waals surface area contributed by atoms with Crippen molar-refractivity contribution in [2.75, 3.05) is 0 Å². The van der Waals surface area contributed by atoms with E-state index < -0.39 is 11.7 Å². The maximum atomic E-state index is 12.5. The maximum Gasteiger partial charge on any atom is 0.417 e. The highest BCUT2D eigenvalue weighted by Gasteiger charge is 2.31. The summed E-state index contributed by atoms with van der Waals surface area (Å²) in [6.07, 6.45) is -3.82. The first-order valence-electron chi connectivity index (χ1n) is 5.26. The fourth-order valence-corrected chi connectivity index (χ4v) is 1.91. The van der Waals surface area contributed by atoms with Crippen molar-refractivity contribution in [1.29, 1.82) is 0 Å². The Bertz CT molecular complexity index is 620. The quantitative estimate of drug-likeness (QED) is 0.734. The lowest BCUT2D eigenvalue weighted by Gasteiger charge is -2.09. The van der Waals surface area contributed by atoms with E-state index in [4.69, 9.17) is 11.6 Å². The van der Waals surface area contributed by atoms with Gasteiger partial charge in [0.2, 0.25) is 0 Å². The second-order valence-electron chi connectivity index (χ2n) is 3.84. The first kappa shape index (κ1) is 13.6. The van der Waals surface area contributed by atoms with Crippen LogP contribution in [0.4, 0.5) is 13.2 Å². The van der Waals surface area contributed by atoms with Crippen LogP contribution < -0.4 is 0 Å². The molecular weight excluding hydrogens is 277 g/mol. The minimum Gasteiger partial charge on any atom is -0.298 e. The van der Waals surface area contributed by atoms with Crippen molar-refractivity contribution in [2.45, 2.75) is 6.18 Å². The van der Waals surface area contributed by atoms with Gasteiger partial charge in [-0.05, 0) is 17.7 Å². The molecule has 0 aliphatic carbocycles. The molecule has 0 saturated heterocycles. The summed E-state index contributed by atoms with van der Waals surface area (Å²) in [5.41, 5.74) is 0.471. The molecule has 0 fully saturated rings. The van der Waals surface area contributed by atoms with Gasteiger partial charge in [0, 0.05) is 17.2 Å². The van der Waals surface area contributed by atoms with Crippen molar-refractivity contribution < 1.29 is 18.0 Å². The molecule has 97 valence electrons. The van der Waals surface area contributed by atoms with Crippen LogP contribution in [0.25, 0.3) is 11.1 Å². The molecule has 0 amide bonds.